The first-order valence-corrected chi connectivity index (χ1v) is 4.88. The van der Waals surface area contributed by atoms with Crippen molar-refractivity contribution in [3.05, 3.63) is 33.3 Å². The Balaban J connectivity index is 3.00. The number of terminal acetylenes is 1. The maximum atomic E-state index is 9.58. The van der Waals surface area contributed by atoms with Crippen molar-refractivity contribution < 1.29 is 5.11 Å². The smallest absolute Gasteiger partial charge is 0.0913 e. The van der Waals surface area contributed by atoms with E-state index in [9.17, 15) is 5.11 Å². The number of aliphatic hydroxyl groups excluding tert-OH is 1. The molecule has 0 amide bonds. The Labute approximate surface area is 90.9 Å². The maximum Gasteiger partial charge on any atom is 0.0913 e. The van der Waals surface area contributed by atoms with Gasteiger partial charge in [0.1, 0.15) is 0 Å². The third kappa shape index (κ3) is 2.73. The number of halogens is 2. The lowest BCUT2D eigenvalue weighted by Crippen LogP contribution is -1.96. The third-order valence-electron chi connectivity index (χ3n) is 1.63. The Morgan fingerprint density at radius 1 is 1.62 bits per heavy atom. The molecule has 1 atom stereocenters. The highest BCUT2D eigenvalue weighted by atomic mass is 79.9. The fourth-order valence-corrected chi connectivity index (χ4v) is 1.61. The number of rotatable bonds is 2. The number of aliphatic hydroxyl groups is 1. The molecule has 1 nitrogen and oxygen atoms in total. The van der Waals surface area contributed by atoms with Gasteiger partial charge >= 0.3 is 0 Å². The molecule has 3 heteroatoms. The zero-order chi connectivity index (χ0) is 9.84. The second kappa shape index (κ2) is 4.66. The van der Waals surface area contributed by atoms with Gasteiger partial charge in [0.05, 0.1) is 6.10 Å². The lowest BCUT2D eigenvalue weighted by Gasteiger charge is -2.09. The van der Waals surface area contributed by atoms with E-state index in [1.54, 1.807) is 12.1 Å². The van der Waals surface area contributed by atoms with Crippen LogP contribution in [0.15, 0.2) is 22.7 Å². The van der Waals surface area contributed by atoms with Gasteiger partial charge in [-0.3, -0.25) is 0 Å². The highest BCUT2D eigenvalue weighted by Gasteiger charge is 2.10. The molecule has 0 aliphatic rings. The summed E-state index contributed by atoms with van der Waals surface area (Å²) in [7, 11) is 0. The molecule has 0 fully saturated rings. The molecule has 13 heavy (non-hydrogen) atoms. The first kappa shape index (κ1) is 10.6. The predicted octanol–water partition coefficient (Wildman–Crippen LogP) is 3.16. The standard InChI is InChI=1S/C10H8BrClO/c1-2-3-10(13)8-6-7(11)4-5-9(8)12/h1,4-6,10,13H,3H2. The van der Waals surface area contributed by atoms with E-state index in [0.29, 0.717) is 10.6 Å². The molecule has 1 rings (SSSR count). The van der Waals surface area contributed by atoms with Crippen LogP contribution in [0.2, 0.25) is 5.02 Å². The van der Waals surface area contributed by atoms with Crippen LogP contribution >= 0.6 is 27.5 Å². The van der Waals surface area contributed by atoms with E-state index in [-0.39, 0.29) is 6.42 Å². The van der Waals surface area contributed by atoms with Crippen molar-refractivity contribution in [2.75, 3.05) is 0 Å². The maximum absolute atomic E-state index is 9.58. The van der Waals surface area contributed by atoms with Crippen molar-refractivity contribution in [3.63, 3.8) is 0 Å². The minimum atomic E-state index is -0.685. The van der Waals surface area contributed by atoms with Crippen LogP contribution in [0, 0.1) is 12.3 Å². The van der Waals surface area contributed by atoms with Crippen LogP contribution in [-0.2, 0) is 0 Å². The molecule has 0 aliphatic heterocycles. The second-order valence-electron chi connectivity index (χ2n) is 2.59. The number of hydrogen-bond acceptors (Lipinski definition) is 1. The molecule has 0 heterocycles. The van der Waals surface area contributed by atoms with Crippen LogP contribution in [-0.4, -0.2) is 5.11 Å². The fourth-order valence-electron chi connectivity index (χ4n) is 0.992. The Kier molecular flexibility index (Phi) is 3.80. The quantitative estimate of drug-likeness (QED) is 0.809. The van der Waals surface area contributed by atoms with Crippen molar-refractivity contribution in [2.45, 2.75) is 12.5 Å². The summed E-state index contributed by atoms with van der Waals surface area (Å²) in [6, 6.07) is 5.31. The van der Waals surface area contributed by atoms with E-state index >= 15 is 0 Å². The Bertz CT molecular complexity index is 343. The highest BCUT2D eigenvalue weighted by Crippen LogP contribution is 2.27. The zero-order valence-corrected chi connectivity index (χ0v) is 9.14. The van der Waals surface area contributed by atoms with Gasteiger partial charge in [-0.1, -0.05) is 27.5 Å². The summed E-state index contributed by atoms with van der Waals surface area (Å²) in [5.74, 6) is 2.39. The molecule has 1 N–H and O–H groups in total. The molecule has 1 unspecified atom stereocenters. The molecule has 0 aromatic heterocycles. The molecule has 0 saturated heterocycles. The van der Waals surface area contributed by atoms with Gasteiger partial charge in [-0.05, 0) is 18.2 Å². The Hall–Kier alpha value is -0.490. The molecular formula is C10H8BrClO. The first-order chi connectivity index (χ1) is 6.15. The van der Waals surface area contributed by atoms with Crippen molar-refractivity contribution in [1.29, 1.82) is 0 Å². The van der Waals surface area contributed by atoms with Crippen LogP contribution < -0.4 is 0 Å². The van der Waals surface area contributed by atoms with Crippen LogP contribution in [0.1, 0.15) is 18.1 Å². The van der Waals surface area contributed by atoms with E-state index in [1.165, 1.54) is 0 Å². The largest absolute Gasteiger partial charge is 0.387 e. The molecule has 0 saturated carbocycles. The van der Waals surface area contributed by atoms with Crippen LogP contribution in [0.3, 0.4) is 0 Å². The van der Waals surface area contributed by atoms with Gasteiger partial charge in [-0.15, -0.1) is 12.3 Å². The van der Waals surface area contributed by atoms with Gasteiger partial charge in [0.25, 0.3) is 0 Å². The zero-order valence-electron chi connectivity index (χ0n) is 6.80. The second-order valence-corrected chi connectivity index (χ2v) is 3.91. The molecule has 1 aromatic carbocycles. The van der Waals surface area contributed by atoms with E-state index in [2.05, 4.69) is 21.9 Å². The summed E-state index contributed by atoms with van der Waals surface area (Å²) in [6.07, 6.45) is 4.68. The van der Waals surface area contributed by atoms with Crippen molar-refractivity contribution in [2.24, 2.45) is 0 Å². The van der Waals surface area contributed by atoms with Gasteiger partial charge < -0.3 is 5.11 Å². The normalized spacial score (nSPS) is 12.2. The van der Waals surface area contributed by atoms with E-state index in [0.717, 1.165) is 4.47 Å². The number of hydrogen-bond donors (Lipinski definition) is 1. The van der Waals surface area contributed by atoms with Crippen LogP contribution in [0.5, 0.6) is 0 Å². The average Bonchev–Trinajstić information content (AvgIpc) is 2.09. The molecule has 0 radical (unpaired) electrons. The molecule has 68 valence electrons. The lowest BCUT2D eigenvalue weighted by atomic mass is 10.1. The van der Waals surface area contributed by atoms with Gasteiger partial charge in [0.2, 0.25) is 0 Å². The van der Waals surface area contributed by atoms with Crippen LogP contribution in [0.4, 0.5) is 0 Å². The van der Waals surface area contributed by atoms with Gasteiger partial charge in [0, 0.05) is 21.5 Å². The molecule has 0 aliphatic carbocycles. The first-order valence-electron chi connectivity index (χ1n) is 3.71. The topological polar surface area (TPSA) is 20.2 Å². The van der Waals surface area contributed by atoms with E-state index in [1.807, 2.05) is 6.07 Å². The summed E-state index contributed by atoms with van der Waals surface area (Å²) >= 11 is 9.17. The van der Waals surface area contributed by atoms with Gasteiger partial charge in [0.15, 0.2) is 0 Å². The van der Waals surface area contributed by atoms with Crippen LogP contribution in [0.25, 0.3) is 0 Å². The Morgan fingerprint density at radius 3 is 2.92 bits per heavy atom. The highest BCUT2D eigenvalue weighted by molar-refractivity contribution is 9.10. The summed E-state index contributed by atoms with van der Waals surface area (Å²) in [6.45, 7) is 0. The molecule has 0 bridgehead atoms. The summed E-state index contributed by atoms with van der Waals surface area (Å²) in [5, 5.41) is 10.1. The summed E-state index contributed by atoms with van der Waals surface area (Å²) in [5.41, 5.74) is 0.661. The summed E-state index contributed by atoms with van der Waals surface area (Å²) in [4.78, 5) is 0. The molecule has 1 aromatic rings. The fraction of sp³-hybridized carbons (Fsp3) is 0.200. The number of benzene rings is 1. The lowest BCUT2D eigenvalue weighted by molar-refractivity contribution is 0.184. The molecular weight excluding hydrogens is 251 g/mol. The van der Waals surface area contributed by atoms with Gasteiger partial charge in [-0.2, -0.15) is 0 Å². The monoisotopic (exact) mass is 258 g/mol. The molecule has 0 spiro atoms. The Morgan fingerprint density at radius 2 is 2.31 bits per heavy atom. The predicted molar refractivity (Wildman–Crippen MR) is 57.6 cm³/mol. The average molecular weight is 260 g/mol. The van der Waals surface area contributed by atoms with E-state index < -0.39 is 6.10 Å². The minimum absolute atomic E-state index is 0.274. The van der Waals surface area contributed by atoms with Gasteiger partial charge in [-0.25, -0.2) is 0 Å². The van der Waals surface area contributed by atoms with E-state index in [4.69, 9.17) is 18.0 Å². The SMILES string of the molecule is C#CCC(O)c1cc(Br)ccc1Cl. The summed E-state index contributed by atoms with van der Waals surface area (Å²) < 4.78 is 0.878. The third-order valence-corrected chi connectivity index (χ3v) is 2.47. The van der Waals surface area contributed by atoms with Crippen molar-refractivity contribution in [1.82, 2.24) is 0 Å². The van der Waals surface area contributed by atoms with Crippen molar-refractivity contribution >= 4 is 27.5 Å². The minimum Gasteiger partial charge on any atom is -0.387 e. The van der Waals surface area contributed by atoms with Crippen molar-refractivity contribution in [3.8, 4) is 12.3 Å².